The lowest BCUT2D eigenvalue weighted by atomic mass is 9.86. The molecule has 0 aromatic heterocycles. The van der Waals surface area contributed by atoms with Gasteiger partial charge in [0.05, 0.1) is 11.4 Å². The van der Waals surface area contributed by atoms with Gasteiger partial charge in [-0.2, -0.15) is 0 Å². The molecule has 0 aliphatic heterocycles. The Morgan fingerprint density at radius 2 is 1.67 bits per heavy atom. The maximum Gasteiger partial charge on any atom is 0.158 e. The predicted molar refractivity (Wildman–Crippen MR) is 77.2 cm³/mol. The second-order valence-electron chi connectivity index (χ2n) is 5.83. The molecule has 2 unspecified atom stereocenters. The van der Waals surface area contributed by atoms with Crippen LogP contribution in [0.2, 0.25) is 0 Å². The van der Waals surface area contributed by atoms with Crippen LogP contribution in [0.15, 0.2) is 0 Å². The molecule has 2 aliphatic rings. The van der Waals surface area contributed by atoms with Gasteiger partial charge in [-0.25, -0.2) is 4.21 Å². The molecule has 0 amide bonds. The molecule has 0 N–H and O–H groups in total. The van der Waals surface area contributed by atoms with E-state index in [0.29, 0.717) is 11.2 Å². The van der Waals surface area contributed by atoms with Gasteiger partial charge in [-0.15, -0.1) is 11.6 Å². The van der Waals surface area contributed by atoms with Crippen molar-refractivity contribution in [3.05, 3.63) is 0 Å². The Hall–Kier alpha value is 0.400. The second-order valence-corrected chi connectivity index (χ2v) is 7.90. The van der Waals surface area contributed by atoms with Crippen LogP contribution in [0.1, 0.15) is 64.7 Å². The van der Waals surface area contributed by atoms with Gasteiger partial charge in [0, 0.05) is 5.38 Å². The van der Waals surface area contributed by atoms with E-state index < -0.39 is 11.1 Å². The quantitative estimate of drug-likeness (QED) is 0.727. The molecule has 18 heavy (non-hydrogen) atoms. The van der Waals surface area contributed by atoms with E-state index in [2.05, 4.69) is 6.92 Å². The first kappa shape index (κ1) is 14.8. The summed E-state index contributed by atoms with van der Waals surface area (Å²) in [6.07, 6.45) is 10.4. The molecule has 4 heteroatoms. The van der Waals surface area contributed by atoms with Crippen LogP contribution in [0.4, 0.5) is 0 Å². The first-order valence-corrected chi connectivity index (χ1v) is 8.96. The Morgan fingerprint density at radius 1 is 1.06 bits per heavy atom. The van der Waals surface area contributed by atoms with E-state index in [9.17, 15) is 4.21 Å². The van der Waals surface area contributed by atoms with Gasteiger partial charge < -0.3 is 0 Å². The van der Waals surface area contributed by atoms with Crippen molar-refractivity contribution in [1.82, 2.24) is 0 Å². The number of hydrogen-bond donors (Lipinski definition) is 0. The van der Waals surface area contributed by atoms with E-state index in [0.717, 1.165) is 38.5 Å². The molecular formula is C14H25ClO2S. The summed E-state index contributed by atoms with van der Waals surface area (Å²) >= 11 is 5.07. The van der Waals surface area contributed by atoms with Crippen LogP contribution >= 0.6 is 11.6 Å². The molecule has 0 spiro atoms. The Bertz CT molecular complexity index is 269. The van der Waals surface area contributed by atoms with Crippen LogP contribution in [0, 0.1) is 5.92 Å². The van der Waals surface area contributed by atoms with Crippen molar-refractivity contribution in [3.63, 3.8) is 0 Å². The maximum absolute atomic E-state index is 12.1. The minimum atomic E-state index is -1.06. The first-order valence-electron chi connectivity index (χ1n) is 7.38. The molecule has 2 atom stereocenters. The van der Waals surface area contributed by atoms with Crippen LogP contribution in [-0.2, 0) is 15.3 Å². The van der Waals surface area contributed by atoms with Crippen molar-refractivity contribution >= 4 is 22.7 Å². The van der Waals surface area contributed by atoms with Crippen molar-refractivity contribution < 1.29 is 8.39 Å². The molecule has 2 rings (SSSR count). The zero-order valence-corrected chi connectivity index (χ0v) is 12.8. The van der Waals surface area contributed by atoms with Gasteiger partial charge in [-0.1, -0.05) is 19.3 Å². The summed E-state index contributed by atoms with van der Waals surface area (Å²) in [5.74, 6) is 0.620. The highest BCUT2D eigenvalue weighted by atomic mass is 35.5. The van der Waals surface area contributed by atoms with Gasteiger partial charge in [-0.05, 0) is 51.4 Å². The lowest BCUT2D eigenvalue weighted by Crippen LogP contribution is -2.29. The molecule has 0 saturated heterocycles. The van der Waals surface area contributed by atoms with Gasteiger partial charge in [0.15, 0.2) is 11.1 Å². The zero-order chi connectivity index (χ0) is 13.0. The van der Waals surface area contributed by atoms with E-state index in [1.54, 1.807) is 0 Å². The number of rotatable bonds is 4. The van der Waals surface area contributed by atoms with Crippen molar-refractivity contribution in [2.24, 2.45) is 5.92 Å². The summed E-state index contributed by atoms with van der Waals surface area (Å²) in [4.78, 5) is 0. The fraction of sp³-hybridized carbons (Fsp3) is 1.00. The predicted octanol–water partition coefficient (Wildman–Crippen LogP) is 4.19. The first-order chi connectivity index (χ1) is 8.66. The van der Waals surface area contributed by atoms with Gasteiger partial charge in [-0.3, -0.25) is 4.18 Å². The van der Waals surface area contributed by atoms with E-state index in [1.165, 1.54) is 19.3 Å². The molecule has 2 saturated carbocycles. The second kappa shape index (κ2) is 7.25. The average Bonchev–Trinajstić information content (AvgIpc) is 2.40. The highest BCUT2D eigenvalue weighted by molar-refractivity contribution is 7.80. The standard InChI is InChI=1S/C14H25ClO2S/c1-11(15)12-7-9-13(10-8-12)17-18(16)14-5-3-2-4-6-14/h11-14H,2-10H2,1H3. The van der Waals surface area contributed by atoms with E-state index in [4.69, 9.17) is 15.8 Å². The van der Waals surface area contributed by atoms with Crippen LogP contribution in [0.5, 0.6) is 0 Å². The van der Waals surface area contributed by atoms with Crippen molar-refractivity contribution in [1.29, 1.82) is 0 Å². The van der Waals surface area contributed by atoms with Crippen molar-refractivity contribution in [3.8, 4) is 0 Å². The maximum atomic E-state index is 12.1. The third-order valence-corrected chi connectivity index (χ3v) is 6.26. The summed E-state index contributed by atoms with van der Waals surface area (Å²) < 4.78 is 17.9. The largest absolute Gasteiger partial charge is 0.287 e. The molecule has 2 fully saturated rings. The van der Waals surface area contributed by atoms with E-state index in [1.807, 2.05) is 0 Å². The monoisotopic (exact) mass is 292 g/mol. The molecule has 2 nitrogen and oxygen atoms in total. The summed E-state index contributed by atoms with van der Waals surface area (Å²) in [7, 11) is 0. The van der Waals surface area contributed by atoms with Crippen molar-refractivity contribution in [2.75, 3.05) is 0 Å². The minimum Gasteiger partial charge on any atom is -0.287 e. The molecule has 2 aliphatic carbocycles. The Labute approximate surface area is 118 Å². The lowest BCUT2D eigenvalue weighted by molar-refractivity contribution is 0.144. The molecule has 106 valence electrons. The summed E-state index contributed by atoms with van der Waals surface area (Å²) in [6.45, 7) is 2.08. The smallest absolute Gasteiger partial charge is 0.158 e. The minimum absolute atomic E-state index is 0.208. The SMILES string of the molecule is CC(Cl)C1CCC(OS(=O)C2CCCCC2)CC1. The zero-order valence-electron chi connectivity index (χ0n) is 11.3. The van der Waals surface area contributed by atoms with Gasteiger partial charge in [0.2, 0.25) is 0 Å². The Balaban J connectivity index is 1.72. The molecule has 0 radical (unpaired) electrons. The van der Waals surface area contributed by atoms with E-state index >= 15 is 0 Å². The van der Waals surface area contributed by atoms with Gasteiger partial charge in [0.1, 0.15) is 0 Å². The number of hydrogen-bond acceptors (Lipinski definition) is 2. The highest BCUT2D eigenvalue weighted by Gasteiger charge is 2.28. The normalized spacial score (nSPS) is 34.1. The van der Waals surface area contributed by atoms with E-state index in [-0.39, 0.29) is 11.5 Å². The molecule has 0 aromatic rings. The number of halogens is 1. The van der Waals surface area contributed by atoms with Crippen LogP contribution in [0.25, 0.3) is 0 Å². The third kappa shape index (κ3) is 4.21. The third-order valence-electron chi connectivity index (χ3n) is 4.42. The summed E-state index contributed by atoms with van der Waals surface area (Å²) in [6, 6.07) is 0. The van der Waals surface area contributed by atoms with Crippen LogP contribution < -0.4 is 0 Å². The molecule has 0 bridgehead atoms. The van der Waals surface area contributed by atoms with Crippen LogP contribution in [-0.4, -0.2) is 20.9 Å². The van der Waals surface area contributed by atoms with Gasteiger partial charge in [0.25, 0.3) is 0 Å². The topological polar surface area (TPSA) is 26.3 Å². The lowest BCUT2D eigenvalue weighted by Gasteiger charge is -2.30. The van der Waals surface area contributed by atoms with Crippen molar-refractivity contribution in [2.45, 2.75) is 81.4 Å². The molecule has 0 heterocycles. The molecular weight excluding hydrogens is 268 g/mol. The highest BCUT2D eigenvalue weighted by Crippen LogP contribution is 2.32. The summed E-state index contributed by atoms with van der Waals surface area (Å²) in [5, 5.41) is 0.554. The fourth-order valence-electron chi connectivity index (χ4n) is 3.11. The number of alkyl halides is 1. The fourth-order valence-corrected chi connectivity index (χ4v) is 4.70. The Kier molecular flexibility index (Phi) is 5.96. The summed E-state index contributed by atoms with van der Waals surface area (Å²) in [5.41, 5.74) is 0. The average molecular weight is 293 g/mol. The molecule has 0 aromatic carbocycles. The Morgan fingerprint density at radius 3 is 2.22 bits per heavy atom. The van der Waals surface area contributed by atoms with Gasteiger partial charge >= 0.3 is 0 Å². The van der Waals surface area contributed by atoms with Crippen LogP contribution in [0.3, 0.4) is 0 Å².